The molecule has 0 saturated carbocycles. The predicted molar refractivity (Wildman–Crippen MR) is 136 cm³/mol. The van der Waals surface area contributed by atoms with Crippen molar-refractivity contribution in [2.75, 3.05) is 29.9 Å². The average Bonchev–Trinajstić information content (AvgIpc) is 2.71. The maximum Gasteiger partial charge on any atom is 0.410 e. The lowest BCUT2D eigenvalue weighted by atomic mass is 10.1. The number of nitrogens with one attached hydrogen (secondary N) is 1. The van der Waals surface area contributed by atoms with Gasteiger partial charge in [-0.05, 0) is 64.4 Å². The number of ether oxygens (including phenoxy) is 1. The van der Waals surface area contributed by atoms with E-state index < -0.39 is 10.5 Å². The molecule has 0 aliphatic carbocycles. The van der Waals surface area contributed by atoms with E-state index in [1.807, 2.05) is 34.6 Å². The minimum Gasteiger partial charge on any atom is -0.444 e. The summed E-state index contributed by atoms with van der Waals surface area (Å²) in [5, 5.41) is 15.9. The van der Waals surface area contributed by atoms with Crippen molar-refractivity contribution in [3.05, 3.63) is 62.1 Å². The molecule has 1 saturated heterocycles. The van der Waals surface area contributed by atoms with Crippen LogP contribution in [0.2, 0.25) is 10.0 Å². The second kappa shape index (κ2) is 10.3. The lowest BCUT2D eigenvalue weighted by Crippen LogP contribution is -2.55. The topological polar surface area (TPSA) is 88.0 Å². The fraction of sp³-hybridized carbons (Fsp3) is 0.458. The normalized spacial score (nSPS) is 17.3. The van der Waals surface area contributed by atoms with Gasteiger partial charge in [-0.25, -0.2) is 4.79 Å². The maximum atomic E-state index is 12.5. The molecule has 3 rings (SSSR count). The first-order valence-electron chi connectivity index (χ1n) is 11.1. The van der Waals surface area contributed by atoms with Gasteiger partial charge in [0.25, 0.3) is 5.69 Å². The quantitative estimate of drug-likeness (QED) is 0.365. The number of halogens is 2. The second-order valence-corrected chi connectivity index (χ2v) is 10.3. The Balaban J connectivity index is 1.80. The number of nitro benzene ring substituents is 1. The first kappa shape index (κ1) is 25.9. The van der Waals surface area contributed by atoms with Gasteiger partial charge in [0.15, 0.2) is 0 Å². The van der Waals surface area contributed by atoms with E-state index in [9.17, 15) is 14.9 Å². The molecule has 1 fully saturated rings. The van der Waals surface area contributed by atoms with Crippen molar-refractivity contribution in [3.63, 3.8) is 0 Å². The van der Waals surface area contributed by atoms with Gasteiger partial charge in [0.1, 0.15) is 11.3 Å². The Hall–Kier alpha value is -2.71. The molecular weight excluding hydrogens is 479 g/mol. The van der Waals surface area contributed by atoms with Crippen molar-refractivity contribution in [3.8, 4) is 0 Å². The van der Waals surface area contributed by atoms with E-state index in [0.717, 1.165) is 11.3 Å². The first-order valence-corrected chi connectivity index (χ1v) is 11.9. The molecule has 0 radical (unpaired) electrons. The number of carbonyl (C=O) groups excluding carboxylic acids is 1. The highest BCUT2D eigenvalue weighted by Crippen LogP contribution is 2.35. The number of hydrogen-bond donors (Lipinski definition) is 1. The summed E-state index contributed by atoms with van der Waals surface area (Å²) in [4.78, 5) is 27.6. The molecule has 0 bridgehead atoms. The Kier molecular flexibility index (Phi) is 7.83. The standard InChI is InChI=1S/C24H30Cl2N4O4/c1-15-14-28(10-11-29(15)23(31)34-24(3,4)5)18-7-9-22(30(32)33)21(13-18)27-16(2)19-8-6-17(25)12-20(19)26/h6-9,12-13,15-16,27H,10-11,14H2,1-5H3/t15-,16?/m1/s1. The third-order valence-corrected chi connectivity index (χ3v) is 6.16. The van der Waals surface area contributed by atoms with Gasteiger partial charge < -0.3 is 19.9 Å². The molecule has 2 aromatic rings. The zero-order chi connectivity index (χ0) is 25.2. The third-order valence-electron chi connectivity index (χ3n) is 5.60. The smallest absolute Gasteiger partial charge is 0.410 e. The molecule has 1 heterocycles. The zero-order valence-corrected chi connectivity index (χ0v) is 21.5. The van der Waals surface area contributed by atoms with Crippen LogP contribution in [0.25, 0.3) is 0 Å². The van der Waals surface area contributed by atoms with Gasteiger partial charge >= 0.3 is 6.09 Å². The molecule has 0 aromatic heterocycles. The van der Waals surface area contributed by atoms with Crippen LogP contribution in [0.3, 0.4) is 0 Å². The van der Waals surface area contributed by atoms with Gasteiger partial charge in [-0.2, -0.15) is 0 Å². The van der Waals surface area contributed by atoms with E-state index in [1.165, 1.54) is 6.07 Å². The molecule has 184 valence electrons. The van der Waals surface area contributed by atoms with Crippen molar-refractivity contribution >= 4 is 46.4 Å². The Labute approximate surface area is 209 Å². The van der Waals surface area contributed by atoms with Gasteiger partial charge in [0, 0.05) is 47.5 Å². The summed E-state index contributed by atoms with van der Waals surface area (Å²) in [5.74, 6) is 0. The summed E-state index contributed by atoms with van der Waals surface area (Å²) in [5.41, 5.74) is 1.42. The van der Waals surface area contributed by atoms with Gasteiger partial charge in [0.05, 0.1) is 11.0 Å². The summed E-state index contributed by atoms with van der Waals surface area (Å²) in [6.07, 6.45) is -0.334. The molecule has 1 N–H and O–H groups in total. The molecule has 10 heteroatoms. The summed E-state index contributed by atoms with van der Waals surface area (Å²) < 4.78 is 5.52. The molecule has 2 atom stereocenters. The van der Waals surface area contributed by atoms with Crippen LogP contribution in [0.5, 0.6) is 0 Å². The molecule has 34 heavy (non-hydrogen) atoms. The number of amides is 1. The number of rotatable bonds is 5. The van der Waals surface area contributed by atoms with Crippen molar-refractivity contribution < 1.29 is 14.5 Å². The maximum absolute atomic E-state index is 12.5. The molecule has 2 aromatic carbocycles. The monoisotopic (exact) mass is 508 g/mol. The number of anilines is 2. The van der Waals surface area contributed by atoms with Gasteiger partial charge in [-0.3, -0.25) is 10.1 Å². The fourth-order valence-electron chi connectivity index (χ4n) is 3.94. The van der Waals surface area contributed by atoms with Crippen LogP contribution in [-0.2, 0) is 4.74 Å². The SMILES string of the molecule is CC(Nc1cc(N2CCN(C(=O)OC(C)(C)C)[C@H](C)C2)ccc1[N+](=O)[O-])c1ccc(Cl)cc1Cl. The highest BCUT2D eigenvalue weighted by atomic mass is 35.5. The van der Waals surface area contributed by atoms with Gasteiger partial charge in [-0.15, -0.1) is 0 Å². The summed E-state index contributed by atoms with van der Waals surface area (Å²) in [7, 11) is 0. The van der Waals surface area contributed by atoms with Gasteiger partial charge in [-0.1, -0.05) is 29.3 Å². The van der Waals surface area contributed by atoms with E-state index in [4.69, 9.17) is 27.9 Å². The van der Waals surface area contributed by atoms with Crippen LogP contribution in [0.15, 0.2) is 36.4 Å². The lowest BCUT2D eigenvalue weighted by Gasteiger charge is -2.41. The number of benzene rings is 2. The Morgan fingerprint density at radius 2 is 1.91 bits per heavy atom. The molecule has 1 unspecified atom stereocenters. The fourth-order valence-corrected chi connectivity index (χ4v) is 4.52. The van der Waals surface area contributed by atoms with E-state index >= 15 is 0 Å². The van der Waals surface area contributed by atoms with Gasteiger partial charge in [0.2, 0.25) is 0 Å². The Morgan fingerprint density at radius 3 is 2.50 bits per heavy atom. The minimum atomic E-state index is -0.559. The number of carbonyl (C=O) groups is 1. The molecule has 0 spiro atoms. The van der Waals surface area contributed by atoms with Crippen LogP contribution in [-0.4, -0.2) is 47.2 Å². The van der Waals surface area contributed by atoms with E-state index in [1.54, 1.807) is 35.2 Å². The summed E-state index contributed by atoms with van der Waals surface area (Å²) in [6.45, 7) is 11.0. The lowest BCUT2D eigenvalue weighted by molar-refractivity contribution is -0.384. The molecule has 1 aliphatic heterocycles. The largest absolute Gasteiger partial charge is 0.444 e. The summed E-state index contributed by atoms with van der Waals surface area (Å²) in [6, 6.07) is 9.81. The molecule has 8 nitrogen and oxygen atoms in total. The van der Waals surface area contributed by atoms with E-state index in [0.29, 0.717) is 35.4 Å². The zero-order valence-electron chi connectivity index (χ0n) is 20.0. The van der Waals surface area contributed by atoms with Crippen LogP contribution >= 0.6 is 23.2 Å². The van der Waals surface area contributed by atoms with Crippen molar-refractivity contribution in [1.29, 1.82) is 0 Å². The Bertz CT molecular complexity index is 1070. The highest BCUT2D eigenvalue weighted by molar-refractivity contribution is 6.35. The average molecular weight is 509 g/mol. The minimum absolute atomic E-state index is 0.0267. The molecular formula is C24H30Cl2N4O4. The number of hydrogen-bond acceptors (Lipinski definition) is 6. The third kappa shape index (κ3) is 6.24. The van der Waals surface area contributed by atoms with Crippen LogP contribution in [0, 0.1) is 10.1 Å². The highest BCUT2D eigenvalue weighted by Gasteiger charge is 2.31. The molecule has 1 amide bonds. The van der Waals surface area contributed by atoms with Crippen LogP contribution in [0.4, 0.5) is 21.9 Å². The predicted octanol–water partition coefficient (Wildman–Crippen LogP) is 6.52. The second-order valence-electron chi connectivity index (χ2n) is 9.46. The van der Waals surface area contributed by atoms with E-state index in [-0.39, 0.29) is 23.9 Å². The van der Waals surface area contributed by atoms with Crippen molar-refractivity contribution in [2.45, 2.75) is 52.3 Å². The number of nitro groups is 1. The van der Waals surface area contributed by atoms with E-state index in [2.05, 4.69) is 10.2 Å². The molecule has 1 aliphatic rings. The van der Waals surface area contributed by atoms with Crippen molar-refractivity contribution in [1.82, 2.24) is 4.90 Å². The van der Waals surface area contributed by atoms with Crippen LogP contribution in [0.1, 0.15) is 46.2 Å². The number of piperazine rings is 1. The summed E-state index contributed by atoms with van der Waals surface area (Å²) >= 11 is 12.3. The first-order chi connectivity index (χ1) is 15.9. The van der Waals surface area contributed by atoms with Crippen LogP contribution < -0.4 is 10.2 Å². The van der Waals surface area contributed by atoms with Crippen molar-refractivity contribution in [2.24, 2.45) is 0 Å². The Morgan fingerprint density at radius 1 is 1.21 bits per heavy atom. The number of nitrogens with zero attached hydrogens (tertiary/aromatic N) is 3.